The van der Waals surface area contributed by atoms with Crippen LogP contribution in [0.3, 0.4) is 0 Å². The van der Waals surface area contributed by atoms with Crippen molar-refractivity contribution in [3.63, 3.8) is 0 Å². The average Bonchev–Trinajstić information content (AvgIpc) is 3.34. The Bertz CT molecular complexity index is 3000. The molecule has 0 saturated carbocycles. The Hall–Kier alpha value is -6.58. The van der Waals surface area contributed by atoms with Crippen LogP contribution in [0.4, 0.5) is 0 Å². The third-order valence-electron chi connectivity index (χ3n) is 13.7. The molecule has 69 heavy (non-hydrogen) atoms. The zero-order valence-electron chi connectivity index (χ0n) is 41.1. The molecule has 9 rings (SSSR count). The van der Waals surface area contributed by atoms with Crippen molar-refractivity contribution in [3.8, 4) is 56.0 Å². The second kappa shape index (κ2) is 20.6. The van der Waals surface area contributed by atoms with E-state index < -0.39 is 0 Å². The van der Waals surface area contributed by atoms with Gasteiger partial charge in [0.2, 0.25) is 0 Å². The molecule has 0 aliphatic carbocycles. The fourth-order valence-electron chi connectivity index (χ4n) is 9.99. The van der Waals surface area contributed by atoms with Crippen LogP contribution in [-0.2, 0) is 55.6 Å². The Balaban J connectivity index is 0.00000642. The Kier molecular flexibility index (Phi) is 14.6. The Labute approximate surface area is 424 Å². The quantitative estimate of drug-likeness (QED) is 0.102. The zero-order chi connectivity index (χ0) is 47.5. The average molecular weight is 1080 g/mol. The van der Waals surface area contributed by atoms with E-state index in [1.54, 1.807) is 0 Å². The smallest absolute Gasteiger partial charge is 0.305 e. The van der Waals surface area contributed by atoms with Gasteiger partial charge >= 0.3 is 20.1 Å². The first kappa shape index (κ1) is 48.9. The van der Waals surface area contributed by atoms with Crippen molar-refractivity contribution >= 4 is 0 Å². The molecule has 3 aromatic heterocycles. The summed E-state index contributed by atoms with van der Waals surface area (Å²) in [5.74, 6) is 0. The molecular weight excluding hydrogens is 1010 g/mol. The van der Waals surface area contributed by atoms with Crippen molar-refractivity contribution < 1.29 is 20.1 Å². The fraction of sp³-hybridized carbons (Fsp3) is 0.215. The SMILES string of the molecule is Cc1cc(-c2ccccc2)cc(C)c1-c1ccnc(-c2[c-]cc(C(C)(C)Cc3cc(CC(C)(C)c4c[c-]c(-c5ccccn5)cc4)cc(CC(C)(C)c4c[c-]c(-c5ccccn5)cc4)c3)cc2)c1.[Ir+3]. The molecule has 4 heteroatoms. The Morgan fingerprint density at radius 1 is 0.377 bits per heavy atom. The standard InChI is InChI=1S/C65H60N3.Ir/c1-45-36-55(50-16-10-9-11-17-50)37-46(2)62(45)54-32-35-68-61(41-54)53-24-30-58(31-25-53)65(7,8)44-49-39-47(42-63(3,4)56-26-20-51(21-27-56)59-18-12-14-33-66-59)38-48(40-49)43-64(5,6)57-28-22-52(23-29-57)60-19-13-15-34-67-60;/h9-20,22,24,26-41H,42-44H2,1-8H3;/q-3;+3. The van der Waals surface area contributed by atoms with Crippen molar-refractivity contribution in [1.82, 2.24) is 15.0 Å². The molecular formula is C65H60IrN3. The second-order valence-electron chi connectivity index (χ2n) is 20.5. The maximum absolute atomic E-state index is 4.84. The number of hydrogen-bond acceptors (Lipinski definition) is 3. The first-order chi connectivity index (χ1) is 32.7. The fourth-order valence-corrected chi connectivity index (χ4v) is 9.99. The minimum Gasteiger partial charge on any atom is -0.305 e. The number of benzene rings is 6. The summed E-state index contributed by atoms with van der Waals surface area (Å²) in [5.41, 5.74) is 20.6. The molecule has 0 bridgehead atoms. The van der Waals surface area contributed by atoms with E-state index in [2.05, 4.69) is 211 Å². The van der Waals surface area contributed by atoms with E-state index in [0.717, 1.165) is 53.0 Å². The van der Waals surface area contributed by atoms with Crippen LogP contribution in [0.25, 0.3) is 56.0 Å². The third kappa shape index (κ3) is 11.3. The van der Waals surface area contributed by atoms with E-state index in [1.807, 2.05) is 55.0 Å². The molecule has 0 fully saturated rings. The van der Waals surface area contributed by atoms with Gasteiger partial charge in [-0.3, -0.25) is 0 Å². The normalized spacial score (nSPS) is 11.8. The first-order valence-corrected chi connectivity index (χ1v) is 23.9. The maximum atomic E-state index is 4.84. The molecule has 0 N–H and O–H groups in total. The zero-order valence-corrected chi connectivity index (χ0v) is 43.5. The van der Waals surface area contributed by atoms with Gasteiger partial charge in [0.1, 0.15) is 0 Å². The summed E-state index contributed by atoms with van der Waals surface area (Å²) < 4.78 is 0. The summed E-state index contributed by atoms with van der Waals surface area (Å²) in [5, 5.41) is 0. The summed E-state index contributed by atoms with van der Waals surface area (Å²) in [6.45, 7) is 18.5. The molecule has 0 saturated heterocycles. The van der Waals surface area contributed by atoms with Gasteiger partial charge in [-0.2, -0.15) is 0 Å². The molecule has 0 atom stereocenters. The van der Waals surface area contributed by atoms with Crippen LogP contribution in [-0.4, -0.2) is 15.0 Å². The number of hydrogen-bond donors (Lipinski definition) is 0. The van der Waals surface area contributed by atoms with Crippen LogP contribution < -0.4 is 0 Å². The second-order valence-corrected chi connectivity index (χ2v) is 20.5. The third-order valence-corrected chi connectivity index (χ3v) is 13.7. The Morgan fingerprint density at radius 3 is 1.17 bits per heavy atom. The molecule has 3 nitrogen and oxygen atoms in total. The van der Waals surface area contributed by atoms with Crippen LogP contribution in [0.15, 0.2) is 182 Å². The molecule has 9 aromatic rings. The van der Waals surface area contributed by atoms with Gasteiger partial charge in [0.25, 0.3) is 0 Å². The van der Waals surface area contributed by atoms with E-state index in [1.165, 1.54) is 66.8 Å². The van der Waals surface area contributed by atoms with Crippen LogP contribution in [0.5, 0.6) is 0 Å². The molecule has 0 amide bonds. The van der Waals surface area contributed by atoms with Crippen molar-refractivity contribution in [2.45, 2.75) is 90.9 Å². The van der Waals surface area contributed by atoms with Crippen molar-refractivity contribution in [1.29, 1.82) is 0 Å². The summed E-state index contributed by atoms with van der Waals surface area (Å²) in [6.07, 6.45) is 8.27. The Morgan fingerprint density at radius 2 is 0.783 bits per heavy atom. The summed E-state index contributed by atoms with van der Waals surface area (Å²) in [4.78, 5) is 13.9. The molecule has 3 heterocycles. The molecule has 6 aromatic carbocycles. The number of aryl methyl sites for hydroxylation is 2. The predicted octanol–water partition coefficient (Wildman–Crippen LogP) is 15.8. The van der Waals surface area contributed by atoms with Crippen molar-refractivity contribution in [2.24, 2.45) is 0 Å². The van der Waals surface area contributed by atoms with E-state index in [9.17, 15) is 0 Å². The van der Waals surface area contributed by atoms with E-state index in [4.69, 9.17) is 4.98 Å². The van der Waals surface area contributed by atoms with Gasteiger partial charge in [0.05, 0.1) is 0 Å². The maximum Gasteiger partial charge on any atom is 3.00 e. The van der Waals surface area contributed by atoms with Gasteiger partial charge in [-0.05, 0) is 135 Å². The first-order valence-electron chi connectivity index (χ1n) is 23.9. The molecule has 0 spiro atoms. The number of nitrogens with zero attached hydrogens (tertiary/aromatic N) is 3. The van der Waals surface area contributed by atoms with Crippen LogP contribution in [0.2, 0.25) is 0 Å². The van der Waals surface area contributed by atoms with E-state index in [0.29, 0.717) is 0 Å². The summed E-state index contributed by atoms with van der Waals surface area (Å²) in [7, 11) is 0. The monoisotopic (exact) mass is 1080 g/mol. The number of aromatic nitrogens is 3. The molecule has 0 aliphatic heterocycles. The van der Waals surface area contributed by atoms with Gasteiger partial charge in [-0.1, -0.05) is 133 Å². The van der Waals surface area contributed by atoms with Crippen molar-refractivity contribution in [2.75, 3.05) is 0 Å². The summed E-state index contributed by atoms with van der Waals surface area (Å²) >= 11 is 0. The summed E-state index contributed by atoms with van der Waals surface area (Å²) in [6, 6.07) is 69.4. The van der Waals surface area contributed by atoms with Crippen LogP contribution >= 0.6 is 0 Å². The van der Waals surface area contributed by atoms with Gasteiger partial charge in [-0.15, -0.1) is 106 Å². The van der Waals surface area contributed by atoms with Gasteiger partial charge < -0.3 is 15.0 Å². The van der Waals surface area contributed by atoms with Crippen LogP contribution in [0, 0.1) is 32.0 Å². The van der Waals surface area contributed by atoms with Crippen molar-refractivity contribution in [3.05, 3.63) is 245 Å². The number of pyridine rings is 3. The van der Waals surface area contributed by atoms with E-state index in [-0.39, 0.29) is 36.4 Å². The molecule has 0 aliphatic rings. The van der Waals surface area contributed by atoms with Crippen LogP contribution in [0.1, 0.15) is 86.1 Å². The van der Waals surface area contributed by atoms with Gasteiger partial charge in [0.15, 0.2) is 0 Å². The minimum atomic E-state index is -0.160. The molecule has 344 valence electrons. The van der Waals surface area contributed by atoms with E-state index >= 15 is 0 Å². The number of rotatable bonds is 14. The largest absolute Gasteiger partial charge is 3.00 e. The van der Waals surface area contributed by atoms with Gasteiger partial charge in [0, 0.05) is 18.6 Å². The molecule has 0 unspecified atom stereocenters. The minimum absolute atomic E-state index is 0. The predicted molar refractivity (Wildman–Crippen MR) is 283 cm³/mol. The molecule has 0 radical (unpaired) electrons. The van der Waals surface area contributed by atoms with Gasteiger partial charge in [-0.25, -0.2) is 0 Å². The topological polar surface area (TPSA) is 38.7 Å².